The summed E-state index contributed by atoms with van der Waals surface area (Å²) in [6.45, 7) is 1.79. The number of benzene rings is 2. The van der Waals surface area contributed by atoms with E-state index in [0.717, 1.165) is 6.42 Å². The number of para-hydroxylation sites is 1. The van der Waals surface area contributed by atoms with Crippen LogP contribution in [-0.4, -0.2) is 18.4 Å². The molecule has 0 saturated carbocycles. The van der Waals surface area contributed by atoms with Crippen molar-refractivity contribution in [3.8, 4) is 0 Å². The molecule has 0 bridgehead atoms. The molecule has 0 aliphatic heterocycles. The van der Waals surface area contributed by atoms with Crippen molar-refractivity contribution < 1.29 is 14.0 Å². The van der Waals surface area contributed by atoms with Crippen LogP contribution in [0.15, 0.2) is 42.5 Å². The van der Waals surface area contributed by atoms with Gasteiger partial charge in [-0.1, -0.05) is 30.7 Å². The predicted molar refractivity (Wildman–Crippen MR) is 98.5 cm³/mol. The summed E-state index contributed by atoms with van der Waals surface area (Å²) >= 11 is 6.07. The second-order valence-electron chi connectivity index (χ2n) is 5.37. The molecule has 2 aromatic rings. The second-order valence-corrected chi connectivity index (χ2v) is 5.78. The minimum absolute atomic E-state index is 0.108. The molecule has 0 aliphatic carbocycles. The van der Waals surface area contributed by atoms with Crippen molar-refractivity contribution in [2.24, 2.45) is 0 Å². The fourth-order valence-electron chi connectivity index (χ4n) is 2.12. The van der Waals surface area contributed by atoms with Crippen LogP contribution in [0.25, 0.3) is 0 Å². The van der Waals surface area contributed by atoms with Crippen molar-refractivity contribution in [2.75, 3.05) is 22.5 Å². The minimum Gasteiger partial charge on any atom is -0.374 e. The van der Waals surface area contributed by atoms with Crippen LogP contribution in [0.3, 0.4) is 0 Å². The number of amides is 2. The molecule has 2 rings (SSSR count). The highest BCUT2D eigenvalue weighted by Gasteiger charge is 2.09. The molecule has 25 heavy (non-hydrogen) atoms. The Hall–Kier alpha value is -2.60. The Morgan fingerprint density at radius 2 is 1.80 bits per heavy atom. The Labute approximate surface area is 150 Å². The molecule has 2 amide bonds. The summed E-state index contributed by atoms with van der Waals surface area (Å²) in [5.74, 6) is -0.931. The van der Waals surface area contributed by atoms with E-state index in [1.54, 1.807) is 36.4 Å². The van der Waals surface area contributed by atoms with Crippen molar-refractivity contribution in [2.45, 2.75) is 19.8 Å². The molecule has 7 heteroatoms. The first-order chi connectivity index (χ1) is 12.0. The van der Waals surface area contributed by atoms with Crippen LogP contribution in [0.5, 0.6) is 0 Å². The summed E-state index contributed by atoms with van der Waals surface area (Å²) in [5, 5.41) is 8.43. The minimum atomic E-state index is -0.436. The summed E-state index contributed by atoms with van der Waals surface area (Å²) < 4.78 is 13.5. The number of carbonyl (C=O) groups excluding carboxylic acids is 2. The zero-order valence-corrected chi connectivity index (χ0v) is 14.5. The first-order valence-corrected chi connectivity index (χ1v) is 8.25. The van der Waals surface area contributed by atoms with Gasteiger partial charge in [-0.3, -0.25) is 9.59 Å². The topological polar surface area (TPSA) is 70.2 Å². The number of anilines is 3. The molecule has 0 fully saturated rings. The number of halogens is 2. The Morgan fingerprint density at radius 3 is 2.52 bits per heavy atom. The molecule has 0 radical (unpaired) electrons. The SMILES string of the molecule is CCCC(=O)Nc1ccc(Cl)c(NC(=O)CNc2ccccc2F)c1. The zero-order chi connectivity index (χ0) is 18.2. The molecule has 0 heterocycles. The van der Waals surface area contributed by atoms with Gasteiger partial charge in [-0.2, -0.15) is 0 Å². The monoisotopic (exact) mass is 363 g/mol. The van der Waals surface area contributed by atoms with E-state index in [1.165, 1.54) is 6.07 Å². The first-order valence-electron chi connectivity index (χ1n) is 7.87. The predicted octanol–water partition coefficient (Wildman–Crippen LogP) is 4.27. The quantitative estimate of drug-likeness (QED) is 0.688. The van der Waals surface area contributed by atoms with E-state index in [2.05, 4.69) is 16.0 Å². The van der Waals surface area contributed by atoms with Gasteiger partial charge >= 0.3 is 0 Å². The second kappa shape index (κ2) is 9.03. The Kier molecular flexibility index (Phi) is 6.77. The molecule has 0 atom stereocenters. The van der Waals surface area contributed by atoms with Gasteiger partial charge in [0.05, 0.1) is 22.9 Å². The average Bonchev–Trinajstić information content (AvgIpc) is 2.57. The molecule has 0 aromatic heterocycles. The number of hydrogen-bond acceptors (Lipinski definition) is 3. The van der Waals surface area contributed by atoms with Crippen molar-refractivity contribution in [3.05, 3.63) is 53.3 Å². The van der Waals surface area contributed by atoms with Gasteiger partial charge < -0.3 is 16.0 Å². The lowest BCUT2D eigenvalue weighted by molar-refractivity contribution is -0.116. The molecular formula is C18H19ClFN3O2. The highest BCUT2D eigenvalue weighted by molar-refractivity contribution is 6.33. The Morgan fingerprint density at radius 1 is 1.04 bits per heavy atom. The van der Waals surface area contributed by atoms with Gasteiger partial charge in [0.15, 0.2) is 0 Å². The van der Waals surface area contributed by atoms with E-state index in [0.29, 0.717) is 22.8 Å². The van der Waals surface area contributed by atoms with Crippen LogP contribution < -0.4 is 16.0 Å². The normalized spacial score (nSPS) is 10.2. The molecular weight excluding hydrogens is 345 g/mol. The van der Waals surface area contributed by atoms with E-state index in [1.807, 2.05) is 6.92 Å². The van der Waals surface area contributed by atoms with Gasteiger partial charge in [-0.15, -0.1) is 0 Å². The lowest BCUT2D eigenvalue weighted by atomic mass is 10.2. The molecule has 0 saturated heterocycles. The Balaban J connectivity index is 1.97. The van der Waals surface area contributed by atoms with E-state index in [-0.39, 0.29) is 24.0 Å². The number of nitrogens with one attached hydrogen (secondary N) is 3. The molecule has 0 spiro atoms. The van der Waals surface area contributed by atoms with Crippen LogP contribution in [0.1, 0.15) is 19.8 Å². The highest BCUT2D eigenvalue weighted by atomic mass is 35.5. The van der Waals surface area contributed by atoms with Crippen molar-refractivity contribution in [3.63, 3.8) is 0 Å². The highest BCUT2D eigenvalue weighted by Crippen LogP contribution is 2.25. The largest absolute Gasteiger partial charge is 0.374 e. The number of carbonyl (C=O) groups is 2. The maximum Gasteiger partial charge on any atom is 0.243 e. The molecule has 5 nitrogen and oxygen atoms in total. The van der Waals surface area contributed by atoms with Crippen molar-refractivity contribution >= 4 is 40.5 Å². The van der Waals surface area contributed by atoms with Crippen LogP contribution in [0.4, 0.5) is 21.5 Å². The number of rotatable bonds is 7. The number of hydrogen-bond donors (Lipinski definition) is 3. The Bertz CT molecular complexity index is 768. The van der Waals surface area contributed by atoms with Crippen LogP contribution >= 0.6 is 11.6 Å². The summed E-state index contributed by atoms with van der Waals surface area (Å²) in [5.41, 5.74) is 1.15. The average molecular weight is 364 g/mol. The molecule has 132 valence electrons. The summed E-state index contributed by atoms with van der Waals surface area (Å²) in [4.78, 5) is 23.7. The van der Waals surface area contributed by atoms with Gasteiger partial charge in [-0.25, -0.2) is 4.39 Å². The third kappa shape index (κ3) is 5.76. The molecule has 0 unspecified atom stereocenters. The standard InChI is InChI=1S/C18H19ClFN3O2/c1-2-5-17(24)22-12-8-9-13(19)16(10-12)23-18(25)11-21-15-7-4-3-6-14(15)20/h3-4,6-10,21H,2,5,11H2,1H3,(H,22,24)(H,23,25). The molecule has 0 aliphatic rings. The fourth-order valence-corrected chi connectivity index (χ4v) is 2.29. The molecule has 2 aromatic carbocycles. The maximum atomic E-state index is 13.5. The molecule has 3 N–H and O–H groups in total. The lowest BCUT2D eigenvalue weighted by Gasteiger charge is -2.11. The third-order valence-electron chi connectivity index (χ3n) is 3.31. The van der Waals surface area contributed by atoms with Crippen LogP contribution in [-0.2, 0) is 9.59 Å². The summed E-state index contributed by atoms with van der Waals surface area (Å²) in [6, 6.07) is 10.9. The van der Waals surface area contributed by atoms with Crippen LogP contribution in [0, 0.1) is 5.82 Å². The fraction of sp³-hybridized carbons (Fsp3) is 0.222. The van der Waals surface area contributed by atoms with Gasteiger partial charge in [0, 0.05) is 12.1 Å². The van der Waals surface area contributed by atoms with Crippen LogP contribution in [0.2, 0.25) is 5.02 Å². The maximum absolute atomic E-state index is 13.5. The van der Waals surface area contributed by atoms with Crippen molar-refractivity contribution in [1.82, 2.24) is 0 Å². The first kappa shape index (κ1) is 18.7. The van der Waals surface area contributed by atoms with Gasteiger partial charge in [-0.05, 0) is 36.8 Å². The van der Waals surface area contributed by atoms with E-state index in [4.69, 9.17) is 11.6 Å². The summed E-state index contributed by atoms with van der Waals surface area (Å²) in [6.07, 6.45) is 1.15. The van der Waals surface area contributed by atoms with Gasteiger partial charge in [0.1, 0.15) is 5.82 Å². The smallest absolute Gasteiger partial charge is 0.243 e. The summed E-state index contributed by atoms with van der Waals surface area (Å²) in [7, 11) is 0. The van der Waals surface area contributed by atoms with Crippen molar-refractivity contribution in [1.29, 1.82) is 0 Å². The zero-order valence-electron chi connectivity index (χ0n) is 13.7. The van der Waals surface area contributed by atoms with E-state index >= 15 is 0 Å². The van der Waals surface area contributed by atoms with Gasteiger partial charge in [0.25, 0.3) is 0 Å². The lowest BCUT2D eigenvalue weighted by Crippen LogP contribution is -2.22. The van der Waals surface area contributed by atoms with E-state index < -0.39 is 5.82 Å². The van der Waals surface area contributed by atoms with E-state index in [9.17, 15) is 14.0 Å². The van der Waals surface area contributed by atoms with Gasteiger partial charge in [0.2, 0.25) is 11.8 Å². The third-order valence-corrected chi connectivity index (χ3v) is 3.64.